The van der Waals surface area contributed by atoms with Crippen LogP contribution in [0, 0.1) is 12.7 Å². The van der Waals surface area contributed by atoms with E-state index in [1.54, 1.807) is 23.9 Å². The molecule has 30 heavy (non-hydrogen) atoms. The topological polar surface area (TPSA) is 65.4 Å². The SMILES string of the molecule is COc1ccc(-n2nc(C)c(CCC(=O)NC(C)C)c2Oc2cccc(F)c2)cc1. The molecule has 0 fully saturated rings. The second kappa shape index (κ2) is 9.43. The minimum Gasteiger partial charge on any atom is -0.497 e. The number of benzene rings is 2. The molecule has 1 heterocycles. The molecular weight excluding hydrogens is 385 g/mol. The van der Waals surface area contributed by atoms with Gasteiger partial charge in [-0.05, 0) is 63.6 Å². The van der Waals surface area contributed by atoms with Crippen LogP contribution in [-0.2, 0) is 11.2 Å². The van der Waals surface area contributed by atoms with Gasteiger partial charge in [0.1, 0.15) is 17.3 Å². The number of nitrogens with zero attached hydrogens (tertiary/aromatic N) is 2. The Morgan fingerprint density at radius 2 is 1.90 bits per heavy atom. The van der Waals surface area contributed by atoms with Gasteiger partial charge >= 0.3 is 0 Å². The standard InChI is InChI=1S/C23H26FN3O3/c1-15(2)25-22(28)13-12-21-16(3)26-27(18-8-10-19(29-4)11-9-18)23(21)30-20-7-5-6-17(24)14-20/h5-11,14-15H,12-13H2,1-4H3,(H,25,28). The number of methoxy groups -OCH3 is 1. The van der Waals surface area contributed by atoms with Gasteiger partial charge in [-0.15, -0.1) is 0 Å². The normalized spacial score (nSPS) is 10.9. The van der Waals surface area contributed by atoms with E-state index in [1.165, 1.54) is 12.1 Å². The van der Waals surface area contributed by atoms with Crippen molar-refractivity contribution in [2.75, 3.05) is 7.11 Å². The zero-order chi connectivity index (χ0) is 21.7. The molecule has 1 N–H and O–H groups in total. The van der Waals surface area contributed by atoms with Crippen molar-refractivity contribution >= 4 is 5.91 Å². The average molecular weight is 411 g/mol. The molecule has 0 atom stereocenters. The summed E-state index contributed by atoms with van der Waals surface area (Å²) in [4.78, 5) is 12.2. The molecule has 0 aliphatic rings. The molecule has 0 radical (unpaired) electrons. The van der Waals surface area contributed by atoms with Crippen LogP contribution < -0.4 is 14.8 Å². The third kappa shape index (κ3) is 5.17. The molecule has 1 amide bonds. The molecule has 0 spiro atoms. The van der Waals surface area contributed by atoms with Crippen LogP contribution in [0.15, 0.2) is 48.5 Å². The van der Waals surface area contributed by atoms with Crippen molar-refractivity contribution in [1.29, 1.82) is 0 Å². The second-order valence-electron chi connectivity index (χ2n) is 7.26. The molecule has 0 unspecified atom stereocenters. The van der Waals surface area contributed by atoms with Crippen LogP contribution in [0.25, 0.3) is 5.69 Å². The molecule has 2 aromatic carbocycles. The first kappa shape index (κ1) is 21.4. The van der Waals surface area contributed by atoms with Crippen LogP contribution in [-0.4, -0.2) is 28.8 Å². The Balaban J connectivity index is 1.97. The number of amides is 1. The predicted octanol–water partition coefficient (Wildman–Crippen LogP) is 4.58. The third-order valence-corrected chi connectivity index (χ3v) is 4.52. The monoisotopic (exact) mass is 411 g/mol. The van der Waals surface area contributed by atoms with Crippen LogP contribution in [0.3, 0.4) is 0 Å². The highest BCUT2D eigenvalue weighted by Gasteiger charge is 2.20. The fourth-order valence-corrected chi connectivity index (χ4v) is 3.10. The van der Waals surface area contributed by atoms with Gasteiger partial charge in [-0.3, -0.25) is 4.79 Å². The number of nitrogens with one attached hydrogen (secondary N) is 1. The van der Waals surface area contributed by atoms with Gasteiger partial charge in [-0.1, -0.05) is 6.07 Å². The largest absolute Gasteiger partial charge is 0.497 e. The molecule has 0 saturated heterocycles. The number of aromatic nitrogens is 2. The van der Waals surface area contributed by atoms with E-state index in [4.69, 9.17) is 9.47 Å². The van der Waals surface area contributed by atoms with Gasteiger partial charge in [0, 0.05) is 24.1 Å². The number of ether oxygens (including phenoxy) is 2. The van der Waals surface area contributed by atoms with Crippen molar-refractivity contribution in [3.05, 3.63) is 65.6 Å². The van der Waals surface area contributed by atoms with E-state index in [2.05, 4.69) is 10.4 Å². The number of rotatable bonds is 8. The first-order valence-electron chi connectivity index (χ1n) is 9.83. The van der Waals surface area contributed by atoms with E-state index in [1.807, 2.05) is 45.0 Å². The van der Waals surface area contributed by atoms with E-state index in [0.717, 1.165) is 22.7 Å². The van der Waals surface area contributed by atoms with Gasteiger partial charge in [0.2, 0.25) is 11.8 Å². The number of carbonyl (C=O) groups excluding carboxylic acids is 1. The summed E-state index contributed by atoms with van der Waals surface area (Å²) in [7, 11) is 1.60. The van der Waals surface area contributed by atoms with Crippen molar-refractivity contribution in [3.63, 3.8) is 0 Å². The van der Waals surface area contributed by atoms with Crippen LogP contribution >= 0.6 is 0 Å². The first-order chi connectivity index (χ1) is 14.4. The third-order valence-electron chi connectivity index (χ3n) is 4.52. The van der Waals surface area contributed by atoms with Crippen LogP contribution in [0.1, 0.15) is 31.5 Å². The van der Waals surface area contributed by atoms with E-state index in [9.17, 15) is 9.18 Å². The maximum Gasteiger partial charge on any atom is 0.226 e. The molecule has 7 heteroatoms. The molecule has 0 aliphatic heterocycles. The molecular formula is C23H26FN3O3. The number of hydrogen-bond donors (Lipinski definition) is 1. The highest BCUT2D eigenvalue weighted by Crippen LogP contribution is 2.32. The van der Waals surface area contributed by atoms with Crippen molar-refractivity contribution < 1.29 is 18.7 Å². The Morgan fingerprint density at radius 1 is 1.17 bits per heavy atom. The molecule has 158 valence electrons. The molecule has 6 nitrogen and oxygen atoms in total. The Morgan fingerprint density at radius 3 is 2.53 bits per heavy atom. The van der Waals surface area contributed by atoms with Crippen molar-refractivity contribution in [1.82, 2.24) is 15.1 Å². The van der Waals surface area contributed by atoms with Gasteiger partial charge in [0.25, 0.3) is 0 Å². The summed E-state index contributed by atoms with van der Waals surface area (Å²) in [5, 5.41) is 7.51. The number of carbonyl (C=O) groups is 1. The molecule has 1 aromatic heterocycles. The molecule has 0 saturated carbocycles. The van der Waals surface area contributed by atoms with Crippen molar-refractivity contribution in [3.8, 4) is 23.1 Å². The summed E-state index contributed by atoms with van der Waals surface area (Å²) in [6.45, 7) is 5.71. The number of aryl methyl sites for hydroxylation is 1. The summed E-state index contributed by atoms with van der Waals surface area (Å²) < 4.78 is 26.6. The molecule has 0 aliphatic carbocycles. The van der Waals surface area contributed by atoms with Crippen LogP contribution in [0.5, 0.6) is 17.4 Å². The smallest absolute Gasteiger partial charge is 0.226 e. The Bertz CT molecular complexity index is 1010. The van der Waals surface area contributed by atoms with E-state index < -0.39 is 5.82 Å². The second-order valence-corrected chi connectivity index (χ2v) is 7.26. The Labute approximate surface area is 175 Å². The van der Waals surface area contributed by atoms with Gasteiger partial charge in [0.15, 0.2) is 0 Å². The van der Waals surface area contributed by atoms with Gasteiger partial charge in [-0.2, -0.15) is 5.10 Å². The predicted molar refractivity (Wildman–Crippen MR) is 113 cm³/mol. The summed E-state index contributed by atoms with van der Waals surface area (Å²) in [6.07, 6.45) is 0.748. The summed E-state index contributed by atoms with van der Waals surface area (Å²) >= 11 is 0. The van der Waals surface area contributed by atoms with Crippen molar-refractivity contribution in [2.45, 2.75) is 39.7 Å². The highest BCUT2D eigenvalue weighted by molar-refractivity contribution is 5.76. The first-order valence-corrected chi connectivity index (χ1v) is 9.83. The Kier molecular flexibility index (Phi) is 6.72. The zero-order valence-corrected chi connectivity index (χ0v) is 17.6. The maximum absolute atomic E-state index is 13.7. The lowest BCUT2D eigenvalue weighted by Crippen LogP contribution is -2.30. The van der Waals surface area contributed by atoms with E-state index in [0.29, 0.717) is 24.5 Å². The average Bonchev–Trinajstić information content (AvgIpc) is 3.01. The molecule has 3 rings (SSSR count). The van der Waals surface area contributed by atoms with E-state index >= 15 is 0 Å². The molecule has 0 bridgehead atoms. The zero-order valence-electron chi connectivity index (χ0n) is 17.6. The lowest BCUT2D eigenvalue weighted by atomic mass is 10.1. The van der Waals surface area contributed by atoms with E-state index in [-0.39, 0.29) is 11.9 Å². The van der Waals surface area contributed by atoms with Gasteiger partial charge in [0.05, 0.1) is 18.5 Å². The summed E-state index contributed by atoms with van der Waals surface area (Å²) in [5.74, 6) is 1.11. The molecule has 3 aromatic rings. The Hall–Kier alpha value is -3.35. The maximum atomic E-state index is 13.7. The lowest BCUT2D eigenvalue weighted by molar-refractivity contribution is -0.121. The van der Waals surface area contributed by atoms with Crippen molar-refractivity contribution in [2.24, 2.45) is 0 Å². The highest BCUT2D eigenvalue weighted by atomic mass is 19.1. The lowest BCUT2D eigenvalue weighted by Gasteiger charge is -2.12. The van der Waals surface area contributed by atoms with Crippen LogP contribution in [0.4, 0.5) is 4.39 Å². The summed E-state index contributed by atoms with van der Waals surface area (Å²) in [5.41, 5.74) is 2.31. The van der Waals surface area contributed by atoms with Crippen LogP contribution in [0.2, 0.25) is 0 Å². The quantitative estimate of drug-likeness (QED) is 0.589. The summed E-state index contributed by atoms with van der Waals surface area (Å²) in [6, 6.07) is 13.4. The fraction of sp³-hybridized carbons (Fsp3) is 0.304. The van der Waals surface area contributed by atoms with Gasteiger partial charge < -0.3 is 14.8 Å². The minimum atomic E-state index is -0.391. The number of halogens is 1. The minimum absolute atomic E-state index is 0.0432. The van der Waals surface area contributed by atoms with Gasteiger partial charge in [-0.25, -0.2) is 9.07 Å². The fourth-order valence-electron chi connectivity index (χ4n) is 3.10. The number of hydrogen-bond acceptors (Lipinski definition) is 4.